The molecule has 1 aliphatic rings. The van der Waals surface area contributed by atoms with Crippen LogP contribution in [0.5, 0.6) is 0 Å². The molecule has 6 heteroatoms. The largest absolute Gasteiger partial charge is 0.378 e. The second-order valence-corrected chi connectivity index (χ2v) is 8.37. The van der Waals surface area contributed by atoms with Gasteiger partial charge in [0.05, 0.1) is 18.7 Å². The predicted molar refractivity (Wildman–Crippen MR) is 131 cm³/mol. The summed E-state index contributed by atoms with van der Waals surface area (Å²) in [6.45, 7) is 3.34. The van der Waals surface area contributed by atoms with Crippen LogP contribution in [0, 0.1) is 0 Å². The first-order valence-electron chi connectivity index (χ1n) is 10.9. The van der Waals surface area contributed by atoms with Gasteiger partial charge in [0, 0.05) is 46.8 Å². The molecule has 0 unspecified atom stereocenters. The third kappa shape index (κ3) is 4.85. The Labute approximate surface area is 193 Å². The van der Waals surface area contributed by atoms with Gasteiger partial charge in [-0.3, -0.25) is 4.98 Å². The van der Waals surface area contributed by atoms with Gasteiger partial charge in [0.2, 0.25) is 0 Å². The Morgan fingerprint density at radius 1 is 0.938 bits per heavy atom. The molecule has 0 saturated carbocycles. The number of hydrogen-bond acceptors (Lipinski definition) is 5. The van der Waals surface area contributed by atoms with Gasteiger partial charge in [-0.1, -0.05) is 29.8 Å². The first kappa shape index (κ1) is 20.7. The van der Waals surface area contributed by atoms with Crippen molar-refractivity contribution in [3.05, 3.63) is 89.2 Å². The number of rotatable bonds is 6. The maximum atomic E-state index is 6.12. The van der Waals surface area contributed by atoms with Crippen molar-refractivity contribution in [1.82, 2.24) is 9.97 Å². The van der Waals surface area contributed by atoms with E-state index in [1.165, 1.54) is 5.56 Å². The number of nitrogens with one attached hydrogen (secondary N) is 1. The number of ether oxygens (including phenoxy) is 1. The lowest BCUT2D eigenvalue weighted by molar-refractivity contribution is 0.122. The molecular weight excluding hydrogens is 420 g/mol. The molecule has 5 rings (SSSR count). The minimum Gasteiger partial charge on any atom is -0.378 e. The minimum absolute atomic E-state index is 0.690. The molecule has 5 nitrogen and oxygen atoms in total. The standard InChI is InChI=1S/C26H25ClN4O/c27-20-8-10-23-24(11-12-28-25(23)18-20)29-22-5-1-3-19(17-22)7-9-21-4-2-6-26(30-21)31-13-15-32-16-14-31/h1-6,8,10-12,17-18H,7,9,13-16H2,(H,28,29). The number of pyridine rings is 2. The number of nitrogens with zero attached hydrogens (tertiary/aromatic N) is 3. The summed E-state index contributed by atoms with van der Waals surface area (Å²) in [5.74, 6) is 1.05. The van der Waals surface area contributed by atoms with Crippen LogP contribution in [0.1, 0.15) is 11.3 Å². The Kier molecular flexibility index (Phi) is 6.19. The highest BCUT2D eigenvalue weighted by Gasteiger charge is 2.12. The molecule has 162 valence electrons. The van der Waals surface area contributed by atoms with Crippen LogP contribution in [0.2, 0.25) is 5.02 Å². The van der Waals surface area contributed by atoms with Gasteiger partial charge >= 0.3 is 0 Å². The molecular formula is C26H25ClN4O. The second-order valence-electron chi connectivity index (χ2n) is 7.93. The van der Waals surface area contributed by atoms with E-state index in [0.717, 1.165) is 72.9 Å². The van der Waals surface area contributed by atoms with Crippen molar-refractivity contribution in [1.29, 1.82) is 0 Å². The average Bonchev–Trinajstić information content (AvgIpc) is 2.84. The van der Waals surface area contributed by atoms with Crippen LogP contribution >= 0.6 is 11.6 Å². The van der Waals surface area contributed by atoms with Gasteiger partial charge in [-0.15, -0.1) is 0 Å². The summed E-state index contributed by atoms with van der Waals surface area (Å²) in [7, 11) is 0. The molecule has 0 amide bonds. The second kappa shape index (κ2) is 9.55. The monoisotopic (exact) mass is 444 g/mol. The van der Waals surface area contributed by atoms with Crippen molar-refractivity contribution in [2.75, 3.05) is 36.5 Å². The van der Waals surface area contributed by atoms with Crippen molar-refractivity contribution in [2.24, 2.45) is 0 Å². The molecule has 1 aliphatic heterocycles. The van der Waals surface area contributed by atoms with Crippen molar-refractivity contribution in [3.63, 3.8) is 0 Å². The summed E-state index contributed by atoms with van der Waals surface area (Å²) in [5.41, 5.74) is 5.34. The maximum absolute atomic E-state index is 6.12. The molecule has 1 saturated heterocycles. The van der Waals surface area contributed by atoms with Gasteiger partial charge in [-0.2, -0.15) is 0 Å². The summed E-state index contributed by atoms with van der Waals surface area (Å²) < 4.78 is 5.45. The number of hydrogen-bond donors (Lipinski definition) is 1. The fourth-order valence-electron chi connectivity index (χ4n) is 4.04. The molecule has 2 aromatic heterocycles. The van der Waals surface area contributed by atoms with E-state index in [0.29, 0.717) is 5.02 Å². The summed E-state index contributed by atoms with van der Waals surface area (Å²) in [6, 6.07) is 22.6. The summed E-state index contributed by atoms with van der Waals surface area (Å²) in [4.78, 5) is 11.6. The molecule has 0 spiro atoms. The van der Waals surface area contributed by atoms with Crippen LogP contribution in [0.3, 0.4) is 0 Å². The number of anilines is 3. The van der Waals surface area contributed by atoms with Gasteiger partial charge in [0.25, 0.3) is 0 Å². The smallest absolute Gasteiger partial charge is 0.128 e. The van der Waals surface area contributed by atoms with E-state index < -0.39 is 0 Å². The molecule has 0 radical (unpaired) electrons. The van der Waals surface area contributed by atoms with Gasteiger partial charge in [-0.25, -0.2) is 4.98 Å². The quantitative estimate of drug-likeness (QED) is 0.416. The molecule has 2 aromatic carbocycles. The average molecular weight is 445 g/mol. The Hall–Kier alpha value is -3.15. The SMILES string of the molecule is Clc1ccc2c(Nc3cccc(CCc4cccc(N5CCOCC5)n4)c3)ccnc2c1. The summed E-state index contributed by atoms with van der Waals surface area (Å²) >= 11 is 6.12. The number of aryl methyl sites for hydroxylation is 2. The molecule has 1 N–H and O–H groups in total. The molecule has 1 fully saturated rings. The first-order chi connectivity index (χ1) is 15.7. The molecule has 4 aromatic rings. The Bertz CT molecular complexity index is 1220. The fourth-order valence-corrected chi connectivity index (χ4v) is 4.20. The number of fused-ring (bicyclic) bond motifs is 1. The zero-order valence-corrected chi connectivity index (χ0v) is 18.6. The lowest BCUT2D eigenvalue weighted by Crippen LogP contribution is -2.36. The first-order valence-corrected chi connectivity index (χ1v) is 11.3. The van der Waals surface area contributed by atoms with E-state index in [-0.39, 0.29) is 0 Å². The van der Waals surface area contributed by atoms with E-state index in [1.54, 1.807) is 6.20 Å². The van der Waals surface area contributed by atoms with Crippen LogP contribution in [0.15, 0.2) is 72.9 Å². The van der Waals surface area contributed by atoms with Crippen LogP contribution in [0.4, 0.5) is 17.2 Å². The van der Waals surface area contributed by atoms with Crippen LogP contribution in [0.25, 0.3) is 10.9 Å². The van der Waals surface area contributed by atoms with Gasteiger partial charge in [0.1, 0.15) is 5.82 Å². The van der Waals surface area contributed by atoms with Crippen LogP contribution < -0.4 is 10.2 Å². The van der Waals surface area contributed by atoms with Crippen molar-refractivity contribution < 1.29 is 4.74 Å². The Balaban J connectivity index is 1.28. The van der Waals surface area contributed by atoms with E-state index in [2.05, 4.69) is 57.7 Å². The number of aromatic nitrogens is 2. The van der Waals surface area contributed by atoms with Gasteiger partial charge in [-0.05, 0) is 66.9 Å². The van der Waals surface area contributed by atoms with Crippen LogP contribution in [-0.2, 0) is 17.6 Å². The highest BCUT2D eigenvalue weighted by molar-refractivity contribution is 6.31. The Morgan fingerprint density at radius 2 is 1.81 bits per heavy atom. The highest BCUT2D eigenvalue weighted by Crippen LogP contribution is 2.27. The predicted octanol–water partition coefficient (Wildman–Crippen LogP) is 5.65. The Morgan fingerprint density at radius 3 is 2.72 bits per heavy atom. The van der Waals surface area contributed by atoms with E-state index >= 15 is 0 Å². The normalized spacial score (nSPS) is 14.0. The molecule has 3 heterocycles. The number of halogens is 1. The fraction of sp³-hybridized carbons (Fsp3) is 0.231. The topological polar surface area (TPSA) is 50.3 Å². The zero-order chi connectivity index (χ0) is 21.8. The van der Waals surface area contributed by atoms with Crippen LogP contribution in [-0.4, -0.2) is 36.3 Å². The van der Waals surface area contributed by atoms with Gasteiger partial charge in [0.15, 0.2) is 0 Å². The lowest BCUT2D eigenvalue weighted by atomic mass is 10.1. The third-order valence-electron chi connectivity index (χ3n) is 5.71. The van der Waals surface area contributed by atoms with Gasteiger partial charge < -0.3 is 15.0 Å². The number of benzene rings is 2. The van der Waals surface area contributed by atoms with E-state index in [1.807, 2.05) is 24.3 Å². The molecule has 0 aliphatic carbocycles. The number of morpholine rings is 1. The lowest BCUT2D eigenvalue weighted by Gasteiger charge is -2.28. The van der Waals surface area contributed by atoms with Crippen molar-refractivity contribution >= 4 is 39.7 Å². The zero-order valence-electron chi connectivity index (χ0n) is 17.8. The minimum atomic E-state index is 0.690. The summed E-state index contributed by atoms with van der Waals surface area (Å²) in [5, 5.41) is 5.28. The van der Waals surface area contributed by atoms with Crippen molar-refractivity contribution in [2.45, 2.75) is 12.8 Å². The van der Waals surface area contributed by atoms with E-state index in [4.69, 9.17) is 21.3 Å². The van der Waals surface area contributed by atoms with Crippen molar-refractivity contribution in [3.8, 4) is 0 Å². The summed E-state index contributed by atoms with van der Waals surface area (Å²) in [6.07, 6.45) is 3.64. The third-order valence-corrected chi connectivity index (χ3v) is 5.94. The highest BCUT2D eigenvalue weighted by atomic mass is 35.5. The maximum Gasteiger partial charge on any atom is 0.128 e. The molecule has 32 heavy (non-hydrogen) atoms. The molecule has 0 bridgehead atoms. The molecule has 0 atom stereocenters. The van der Waals surface area contributed by atoms with E-state index in [9.17, 15) is 0 Å².